The molecule has 1 saturated heterocycles. The van der Waals surface area contributed by atoms with Crippen molar-refractivity contribution < 1.29 is 4.79 Å². The van der Waals surface area contributed by atoms with Crippen LogP contribution in [0.2, 0.25) is 0 Å². The van der Waals surface area contributed by atoms with Gasteiger partial charge in [0.25, 0.3) is 5.91 Å². The highest BCUT2D eigenvalue weighted by Crippen LogP contribution is 2.38. The molecule has 0 unspecified atom stereocenters. The van der Waals surface area contributed by atoms with Gasteiger partial charge < -0.3 is 0 Å². The van der Waals surface area contributed by atoms with E-state index in [1.807, 2.05) is 36.1 Å². The molecule has 2 aromatic rings. The Morgan fingerprint density at radius 2 is 1.90 bits per heavy atom. The number of aromatic nitrogens is 1. The van der Waals surface area contributed by atoms with Crippen LogP contribution in [0.3, 0.4) is 0 Å². The fraction of sp³-hybridized carbons (Fsp3) is 0.375. The molecule has 1 aromatic heterocycles. The van der Waals surface area contributed by atoms with Gasteiger partial charge in [-0.1, -0.05) is 56.5 Å². The van der Waals surface area contributed by atoms with Gasteiger partial charge in [0.15, 0.2) is 11.0 Å². The molecule has 0 radical (unpaired) electrons. The standard InChI is InChI=1S/C24H27N3OS/c1-3-18-12-14-19(15-13-18)16-21-23(28)27(20-9-5-4-6-10-20)24(29-21)26-22-11-7-8-17(2)25-22/h7-8,11-16,20H,3-6,9-10H2,1-2H3/b21-16-,26-24+. The van der Waals surface area contributed by atoms with E-state index in [1.165, 1.54) is 36.6 Å². The van der Waals surface area contributed by atoms with Crippen LogP contribution in [0.1, 0.15) is 55.8 Å². The Bertz CT molecular complexity index is 943. The summed E-state index contributed by atoms with van der Waals surface area (Å²) in [7, 11) is 0. The fourth-order valence-corrected chi connectivity index (χ4v) is 4.96. The number of carbonyl (C=O) groups is 1. The first-order chi connectivity index (χ1) is 14.1. The van der Waals surface area contributed by atoms with E-state index in [9.17, 15) is 4.79 Å². The molecule has 1 saturated carbocycles. The van der Waals surface area contributed by atoms with Crippen LogP contribution in [0.25, 0.3) is 6.08 Å². The van der Waals surface area contributed by atoms with E-state index in [0.29, 0.717) is 5.82 Å². The van der Waals surface area contributed by atoms with Crippen molar-refractivity contribution in [1.82, 2.24) is 9.88 Å². The van der Waals surface area contributed by atoms with Gasteiger partial charge in [-0.25, -0.2) is 9.98 Å². The zero-order chi connectivity index (χ0) is 20.2. The molecule has 0 bridgehead atoms. The van der Waals surface area contributed by atoms with E-state index < -0.39 is 0 Å². The summed E-state index contributed by atoms with van der Waals surface area (Å²) in [6, 6.07) is 14.5. The maximum atomic E-state index is 13.3. The molecule has 0 atom stereocenters. The first-order valence-corrected chi connectivity index (χ1v) is 11.3. The Kier molecular flexibility index (Phi) is 6.14. The molecule has 4 rings (SSSR count). The quantitative estimate of drug-likeness (QED) is 0.596. The van der Waals surface area contributed by atoms with Gasteiger partial charge in [0.2, 0.25) is 0 Å². The van der Waals surface area contributed by atoms with E-state index >= 15 is 0 Å². The highest BCUT2D eigenvalue weighted by Gasteiger charge is 2.38. The molecular formula is C24H27N3OS. The van der Waals surface area contributed by atoms with Gasteiger partial charge in [-0.3, -0.25) is 9.69 Å². The smallest absolute Gasteiger partial charge is 0.267 e. The summed E-state index contributed by atoms with van der Waals surface area (Å²) in [6.07, 6.45) is 8.70. The lowest BCUT2D eigenvalue weighted by Gasteiger charge is -2.30. The zero-order valence-corrected chi connectivity index (χ0v) is 17.9. The number of aliphatic imine (C=N–C) groups is 1. The van der Waals surface area contributed by atoms with Gasteiger partial charge in [-0.05, 0) is 67.3 Å². The van der Waals surface area contributed by atoms with Crippen molar-refractivity contribution in [1.29, 1.82) is 0 Å². The van der Waals surface area contributed by atoms with E-state index in [4.69, 9.17) is 4.99 Å². The van der Waals surface area contributed by atoms with Gasteiger partial charge >= 0.3 is 0 Å². The van der Waals surface area contributed by atoms with E-state index in [2.05, 4.69) is 36.2 Å². The van der Waals surface area contributed by atoms with Crippen molar-refractivity contribution in [2.75, 3.05) is 0 Å². The van der Waals surface area contributed by atoms with Crippen LogP contribution in [0.5, 0.6) is 0 Å². The summed E-state index contributed by atoms with van der Waals surface area (Å²) >= 11 is 1.47. The third kappa shape index (κ3) is 4.61. The Balaban J connectivity index is 1.68. The van der Waals surface area contributed by atoms with Crippen molar-refractivity contribution in [2.24, 2.45) is 4.99 Å². The van der Waals surface area contributed by atoms with Crippen molar-refractivity contribution in [3.8, 4) is 0 Å². The van der Waals surface area contributed by atoms with Gasteiger partial charge in [0.1, 0.15) is 0 Å². The number of hydrogen-bond donors (Lipinski definition) is 0. The minimum Gasteiger partial charge on any atom is -0.283 e. The Labute approximate surface area is 177 Å². The average Bonchev–Trinajstić information content (AvgIpc) is 3.04. The number of pyridine rings is 1. The first kappa shape index (κ1) is 19.9. The summed E-state index contributed by atoms with van der Waals surface area (Å²) in [5.41, 5.74) is 3.28. The highest BCUT2D eigenvalue weighted by atomic mass is 32.2. The highest BCUT2D eigenvalue weighted by molar-refractivity contribution is 8.18. The van der Waals surface area contributed by atoms with Crippen LogP contribution in [-0.4, -0.2) is 27.0 Å². The molecule has 2 fully saturated rings. The van der Waals surface area contributed by atoms with Crippen LogP contribution in [0, 0.1) is 6.92 Å². The summed E-state index contributed by atoms with van der Waals surface area (Å²) in [5, 5.41) is 0.761. The molecule has 2 aliphatic rings. The average molecular weight is 406 g/mol. The maximum Gasteiger partial charge on any atom is 0.267 e. The lowest BCUT2D eigenvalue weighted by Crippen LogP contribution is -2.40. The number of rotatable bonds is 4. The van der Waals surface area contributed by atoms with Gasteiger partial charge in [0, 0.05) is 11.7 Å². The number of amidine groups is 1. The molecule has 0 N–H and O–H groups in total. The zero-order valence-electron chi connectivity index (χ0n) is 17.1. The molecule has 1 aliphatic heterocycles. The molecule has 1 amide bonds. The third-order valence-corrected chi connectivity index (χ3v) is 6.53. The van der Waals surface area contributed by atoms with Crippen molar-refractivity contribution in [3.05, 3.63) is 64.2 Å². The van der Waals surface area contributed by atoms with Crippen LogP contribution >= 0.6 is 11.8 Å². The second kappa shape index (κ2) is 8.95. The molecule has 150 valence electrons. The summed E-state index contributed by atoms with van der Waals surface area (Å²) in [6.45, 7) is 4.11. The van der Waals surface area contributed by atoms with Crippen molar-refractivity contribution in [2.45, 2.75) is 58.4 Å². The van der Waals surface area contributed by atoms with Crippen LogP contribution in [-0.2, 0) is 11.2 Å². The van der Waals surface area contributed by atoms with Gasteiger partial charge in [0.05, 0.1) is 4.91 Å². The summed E-state index contributed by atoms with van der Waals surface area (Å²) in [4.78, 5) is 25.3. The second-order valence-corrected chi connectivity index (χ2v) is 8.71. The van der Waals surface area contributed by atoms with E-state index in [-0.39, 0.29) is 11.9 Å². The number of hydrogen-bond acceptors (Lipinski definition) is 4. The van der Waals surface area contributed by atoms with Crippen molar-refractivity contribution >= 4 is 34.7 Å². The van der Waals surface area contributed by atoms with E-state index in [1.54, 1.807) is 0 Å². The van der Waals surface area contributed by atoms with Crippen LogP contribution in [0.4, 0.5) is 5.82 Å². The molecule has 4 nitrogen and oxygen atoms in total. The molecular weight excluding hydrogens is 378 g/mol. The number of nitrogens with zero attached hydrogens (tertiary/aromatic N) is 3. The monoisotopic (exact) mass is 405 g/mol. The summed E-state index contributed by atoms with van der Waals surface area (Å²) in [5.74, 6) is 0.738. The first-order valence-electron chi connectivity index (χ1n) is 10.5. The Morgan fingerprint density at radius 1 is 1.14 bits per heavy atom. The molecule has 5 heteroatoms. The molecule has 1 aliphatic carbocycles. The summed E-state index contributed by atoms with van der Waals surface area (Å²) < 4.78 is 0. The predicted octanol–water partition coefficient (Wildman–Crippen LogP) is 5.89. The largest absolute Gasteiger partial charge is 0.283 e. The third-order valence-electron chi connectivity index (χ3n) is 5.55. The normalized spacial score (nSPS) is 20.8. The minimum atomic E-state index is 0.0767. The minimum absolute atomic E-state index is 0.0767. The molecule has 29 heavy (non-hydrogen) atoms. The number of aryl methyl sites for hydroxylation is 2. The van der Waals surface area contributed by atoms with Crippen LogP contribution in [0.15, 0.2) is 52.4 Å². The lowest BCUT2D eigenvalue weighted by atomic mass is 9.94. The van der Waals surface area contributed by atoms with Gasteiger partial charge in [-0.15, -0.1) is 0 Å². The Morgan fingerprint density at radius 3 is 2.59 bits per heavy atom. The van der Waals surface area contributed by atoms with Crippen molar-refractivity contribution in [3.63, 3.8) is 0 Å². The number of benzene rings is 1. The number of thioether (sulfide) groups is 1. The topological polar surface area (TPSA) is 45.6 Å². The number of amides is 1. The molecule has 0 spiro atoms. The predicted molar refractivity (Wildman–Crippen MR) is 121 cm³/mol. The maximum absolute atomic E-state index is 13.3. The SMILES string of the molecule is CCc1ccc(/C=C2\S/C(=N/c3cccc(C)n3)N(C3CCCCC3)C2=O)cc1. The molecule has 2 heterocycles. The molecule has 1 aromatic carbocycles. The fourth-order valence-electron chi connectivity index (χ4n) is 3.92. The Hall–Kier alpha value is -2.40. The lowest BCUT2D eigenvalue weighted by molar-refractivity contribution is -0.124. The van der Waals surface area contributed by atoms with Gasteiger partial charge in [-0.2, -0.15) is 0 Å². The second-order valence-electron chi connectivity index (χ2n) is 7.70. The van der Waals surface area contributed by atoms with E-state index in [0.717, 1.165) is 40.6 Å². The number of carbonyl (C=O) groups excluding carboxylic acids is 1. The van der Waals surface area contributed by atoms with Crippen LogP contribution < -0.4 is 0 Å².